The smallest absolute Gasteiger partial charge is 0.407 e. The molecule has 0 spiro atoms. The van der Waals surface area contributed by atoms with Crippen molar-refractivity contribution < 1.29 is 71.8 Å². The van der Waals surface area contributed by atoms with E-state index in [4.69, 9.17) is 52.6 Å². The number of carbonyl (C=O) groups excluding carboxylic acids is 4. The molecule has 3 heterocycles. The molecule has 18 nitrogen and oxygen atoms in total. The Hall–Kier alpha value is -3.91. The van der Waals surface area contributed by atoms with Gasteiger partial charge in [-0.2, -0.15) is 0 Å². The molecule has 1 aromatic carbocycles. The van der Waals surface area contributed by atoms with E-state index < -0.39 is 108 Å². The van der Waals surface area contributed by atoms with Gasteiger partial charge < -0.3 is 62.8 Å². The van der Waals surface area contributed by atoms with Crippen molar-refractivity contribution >= 4 is 30.2 Å². The Balaban J connectivity index is 1.61. The van der Waals surface area contributed by atoms with Gasteiger partial charge in [-0.3, -0.25) is 14.4 Å². The zero-order valence-corrected chi connectivity index (χ0v) is 47.6. The molecule has 3 aliphatic heterocycles. The molecule has 1 aliphatic carbocycles. The van der Waals surface area contributed by atoms with Gasteiger partial charge >= 0.3 is 18.0 Å². The third-order valence-electron chi connectivity index (χ3n) is 16.4. The molecule has 17 atom stereocenters. The average Bonchev–Trinajstić information content (AvgIpc) is 3.35. The van der Waals surface area contributed by atoms with Crippen LogP contribution < -0.4 is 5.32 Å². The molecule has 4 aliphatic rings. The van der Waals surface area contributed by atoms with Crippen molar-refractivity contribution in [2.24, 2.45) is 34.7 Å². The number of aliphatic hydroxyl groups is 1. The first-order valence-corrected chi connectivity index (χ1v) is 27.7. The number of oxime groups is 1. The Morgan fingerprint density at radius 2 is 1.57 bits per heavy atom. The molecular formula is C57H93N3O15. The number of hydrogen-bond acceptors (Lipinski definition) is 17. The number of amides is 1. The predicted octanol–water partition coefficient (Wildman–Crippen LogP) is 8.66. The zero-order chi connectivity index (χ0) is 55.3. The summed E-state index contributed by atoms with van der Waals surface area (Å²) in [7, 11) is 5.32. The molecule has 0 unspecified atom stereocenters. The second-order valence-corrected chi connectivity index (χ2v) is 23.0. The van der Waals surface area contributed by atoms with E-state index in [2.05, 4.69) is 5.32 Å². The fourth-order valence-corrected chi connectivity index (χ4v) is 12.3. The van der Waals surface area contributed by atoms with Crippen LogP contribution in [0.1, 0.15) is 159 Å². The topological polar surface area (TPSA) is 208 Å². The fraction of sp³-hybridized carbons (Fsp3) is 0.807. The maximum absolute atomic E-state index is 14.9. The summed E-state index contributed by atoms with van der Waals surface area (Å²) in [5, 5.41) is 21.1. The van der Waals surface area contributed by atoms with Gasteiger partial charge in [-0.25, -0.2) is 4.79 Å². The van der Waals surface area contributed by atoms with Crippen LogP contribution in [0.25, 0.3) is 0 Å². The number of nitrogens with zero attached hydrogens (tertiary/aromatic N) is 2. The maximum Gasteiger partial charge on any atom is 0.407 e. The average molecular weight is 1060 g/mol. The number of hydrogen-bond donors (Lipinski definition) is 2. The largest absolute Gasteiger partial charge is 0.458 e. The Morgan fingerprint density at radius 1 is 0.893 bits per heavy atom. The summed E-state index contributed by atoms with van der Waals surface area (Å²) in [5.41, 5.74) is -2.64. The summed E-state index contributed by atoms with van der Waals surface area (Å²) in [5.74, 6) is -3.29. The molecule has 4 fully saturated rings. The van der Waals surface area contributed by atoms with Crippen LogP contribution >= 0.6 is 0 Å². The van der Waals surface area contributed by atoms with Crippen molar-refractivity contribution in [1.82, 2.24) is 10.2 Å². The summed E-state index contributed by atoms with van der Waals surface area (Å²) >= 11 is 0. The second kappa shape index (κ2) is 28.1. The first-order valence-electron chi connectivity index (χ1n) is 27.7. The highest BCUT2D eigenvalue weighted by Crippen LogP contribution is 2.42. The number of alkyl carbamates (subject to hydrolysis) is 1. The van der Waals surface area contributed by atoms with Gasteiger partial charge in [-0.1, -0.05) is 95.3 Å². The third kappa shape index (κ3) is 16.8. The van der Waals surface area contributed by atoms with Crippen LogP contribution in [-0.2, 0) is 68.4 Å². The van der Waals surface area contributed by atoms with Crippen LogP contribution in [0.4, 0.5) is 4.79 Å². The molecule has 5 rings (SSSR count). The highest BCUT2D eigenvalue weighted by atomic mass is 16.7. The quantitative estimate of drug-likeness (QED) is 0.0463. The lowest BCUT2D eigenvalue weighted by atomic mass is 9.74. The van der Waals surface area contributed by atoms with Crippen molar-refractivity contribution in [2.45, 2.75) is 238 Å². The summed E-state index contributed by atoms with van der Waals surface area (Å²) < 4.78 is 57.7. The molecule has 1 amide bonds. The maximum atomic E-state index is 14.9. The Labute approximate surface area is 447 Å². The van der Waals surface area contributed by atoms with Crippen molar-refractivity contribution in [2.75, 3.05) is 27.8 Å². The van der Waals surface area contributed by atoms with E-state index in [-0.39, 0.29) is 38.0 Å². The molecule has 1 aromatic rings. The van der Waals surface area contributed by atoms with E-state index in [1.807, 2.05) is 90.9 Å². The van der Waals surface area contributed by atoms with Crippen LogP contribution in [0.3, 0.4) is 0 Å². The lowest BCUT2D eigenvalue weighted by Gasteiger charge is -2.49. The number of cyclic esters (lactones) is 1. The van der Waals surface area contributed by atoms with Gasteiger partial charge in [0.05, 0.1) is 47.7 Å². The molecule has 3 saturated heterocycles. The normalized spacial score (nSPS) is 38.2. The van der Waals surface area contributed by atoms with E-state index >= 15 is 0 Å². The number of benzene rings is 1. The monoisotopic (exact) mass is 1060 g/mol. The molecule has 0 bridgehead atoms. The van der Waals surface area contributed by atoms with Gasteiger partial charge in [-0.05, 0) is 106 Å². The number of ether oxygens (including phenoxy) is 9. The van der Waals surface area contributed by atoms with Gasteiger partial charge in [-0.15, -0.1) is 0 Å². The number of nitrogens with one attached hydrogen (secondary N) is 1. The standard InChI is InChI=1S/C57H93N3O15/c1-15-45-56(10,67-34-61)31-36(3)47(59-68-28-22-27-42-23-18-16-19-24-42)35(2)30-55(9,65)50(75-53-49(44(60(12)13)29-37(4)69-53)74-54(64)58-33-43-25-20-17-21-26-43)38(5)48(39(6)52(63)72-45)73-46-32-57(11,66-14)51(40(7)70-46)71-41(8)62/h17,20-21,25-26,34-40,42,44-46,48-51,53,65H,15-16,18-19,22-24,27-33H2,1-14H3,(H,58,64)/t35-,36-,37-,38+,39-,40+,44+,45-,46+,48+,49-,50-,51+,53+,55-,56+,57-/m1/s1. The highest BCUT2D eigenvalue weighted by molar-refractivity contribution is 5.88. The molecule has 1 saturated carbocycles. The van der Waals surface area contributed by atoms with Crippen molar-refractivity contribution in [3.8, 4) is 0 Å². The summed E-state index contributed by atoms with van der Waals surface area (Å²) in [6.07, 6.45) is 0.268. The van der Waals surface area contributed by atoms with Crippen LogP contribution in [0.2, 0.25) is 0 Å². The molecule has 18 heteroatoms. The van der Waals surface area contributed by atoms with Crippen LogP contribution in [0.5, 0.6) is 0 Å². The Kier molecular flexibility index (Phi) is 23.2. The lowest BCUT2D eigenvalue weighted by molar-refractivity contribution is -0.318. The molecule has 426 valence electrons. The molecule has 2 N–H and O–H groups in total. The van der Waals surface area contributed by atoms with Gasteiger partial charge in [0.25, 0.3) is 6.47 Å². The molecule has 75 heavy (non-hydrogen) atoms. The van der Waals surface area contributed by atoms with Gasteiger partial charge in [0.1, 0.15) is 23.9 Å². The highest BCUT2D eigenvalue weighted by Gasteiger charge is 2.54. The van der Waals surface area contributed by atoms with Crippen molar-refractivity contribution in [1.29, 1.82) is 0 Å². The molecular weight excluding hydrogens is 967 g/mol. The number of methoxy groups -OCH3 is 1. The summed E-state index contributed by atoms with van der Waals surface area (Å²) in [4.78, 5) is 61.5. The van der Waals surface area contributed by atoms with E-state index in [0.29, 0.717) is 37.6 Å². The number of likely N-dealkylation sites (N-methyl/N-ethyl adjacent to an activating group) is 1. The van der Waals surface area contributed by atoms with Crippen molar-refractivity contribution in [3.63, 3.8) is 0 Å². The fourth-order valence-electron chi connectivity index (χ4n) is 12.3. The Morgan fingerprint density at radius 3 is 2.20 bits per heavy atom. The van der Waals surface area contributed by atoms with Gasteiger partial charge in [0, 0.05) is 44.8 Å². The Bertz CT molecular complexity index is 1990. The minimum absolute atomic E-state index is 0.0653. The van der Waals surface area contributed by atoms with Crippen LogP contribution in [0, 0.1) is 29.6 Å². The van der Waals surface area contributed by atoms with E-state index in [1.165, 1.54) is 46.1 Å². The lowest BCUT2D eigenvalue weighted by Crippen LogP contribution is -2.61. The van der Waals surface area contributed by atoms with Crippen LogP contribution in [0.15, 0.2) is 35.5 Å². The zero-order valence-electron chi connectivity index (χ0n) is 47.6. The summed E-state index contributed by atoms with van der Waals surface area (Å²) in [6.45, 7) is 20.6. The van der Waals surface area contributed by atoms with Gasteiger partial charge in [0.15, 0.2) is 24.8 Å². The minimum Gasteiger partial charge on any atom is -0.458 e. The molecule has 0 radical (unpaired) electrons. The van der Waals surface area contributed by atoms with E-state index in [9.17, 15) is 24.3 Å². The number of rotatable bonds is 18. The van der Waals surface area contributed by atoms with Crippen LogP contribution in [-0.4, -0.2) is 146 Å². The first kappa shape index (κ1) is 61.9. The van der Waals surface area contributed by atoms with Gasteiger partial charge in [0.2, 0.25) is 0 Å². The van der Waals surface area contributed by atoms with Crippen molar-refractivity contribution in [3.05, 3.63) is 35.9 Å². The van der Waals surface area contributed by atoms with E-state index in [1.54, 1.807) is 27.7 Å². The number of esters is 2. The third-order valence-corrected chi connectivity index (χ3v) is 16.4. The SMILES string of the molecule is CC[C@H]1OC(=O)[C@H](C)[C@@H](O[C@H]2C[C@@](C)(OC)[C@@H](OC(C)=O)[C@H](C)O2)[C@H](C)[C@@H](O[C@@H]2O[C@H](C)C[C@H](N(C)C)[C@H]2OC(=O)NCc2ccccc2)[C@](C)(O)C[C@@H](C)C(=NOCCCC2CCCCC2)[C@H](C)C[C@]1(C)OC=O. The summed E-state index contributed by atoms with van der Waals surface area (Å²) in [6, 6.07) is 9.11. The minimum atomic E-state index is -1.76. The number of carbonyl (C=O) groups is 4. The molecule has 0 aromatic heterocycles. The van der Waals surface area contributed by atoms with E-state index in [0.717, 1.165) is 18.4 Å². The predicted molar refractivity (Wildman–Crippen MR) is 281 cm³/mol. The second-order valence-electron chi connectivity index (χ2n) is 23.0. The first-order chi connectivity index (χ1) is 35.4.